The van der Waals surface area contributed by atoms with E-state index in [-0.39, 0.29) is 0 Å². The maximum atomic E-state index is 5.97. The van der Waals surface area contributed by atoms with Gasteiger partial charge in [-0.3, -0.25) is 0 Å². The Kier molecular flexibility index (Phi) is 2.98. The third-order valence-electron chi connectivity index (χ3n) is 3.03. The number of pyridine rings is 1. The summed E-state index contributed by atoms with van der Waals surface area (Å²) in [6.07, 6.45) is 1.78. The smallest absolute Gasteiger partial charge is 0.160 e. The van der Waals surface area contributed by atoms with Crippen LogP contribution in [0.25, 0.3) is 11.2 Å². The highest BCUT2D eigenvalue weighted by molar-refractivity contribution is 6.16. The minimum atomic E-state index is 0.336. The van der Waals surface area contributed by atoms with Crippen molar-refractivity contribution in [1.29, 1.82) is 0 Å². The molecule has 19 heavy (non-hydrogen) atoms. The fourth-order valence-corrected chi connectivity index (χ4v) is 2.30. The number of fused-ring (bicyclic) bond motifs is 1. The van der Waals surface area contributed by atoms with Gasteiger partial charge in [-0.1, -0.05) is 5.16 Å². The summed E-state index contributed by atoms with van der Waals surface area (Å²) in [4.78, 5) is 8.93. The van der Waals surface area contributed by atoms with Crippen molar-refractivity contribution >= 4 is 22.8 Å². The van der Waals surface area contributed by atoms with Crippen molar-refractivity contribution in [2.75, 3.05) is 0 Å². The van der Waals surface area contributed by atoms with Crippen LogP contribution in [0.1, 0.15) is 22.8 Å². The van der Waals surface area contributed by atoms with Gasteiger partial charge in [0.1, 0.15) is 11.3 Å². The van der Waals surface area contributed by atoms with Crippen LogP contribution in [0.15, 0.2) is 22.9 Å². The van der Waals surface area contributed by atoms with Gasteiger partial charge in [0.2, 0.25) is 0 Å². The number of aryl methyl sites for hydroxylation is 2. The second-order valence-electron chi connectivity index (χ2n) is 4.48. The van der Waals surface area contributed by atoms with Crippen molar-refractivity contribution in [3.05, 3.63) is 41.2 Å². The number of nitrogens with zero attached hydrogens (tertiary/aromatic N) is 4. The lowest BCUT2D eigenvalue weighted by molar-refractivity contribution is 0.373. The Morgan fingerprint density at radius 3 is 2.89 bits per heavy atom. The van der Waals surface area contributed by atoms with Gasteiger partial charge in [0, 0.05) is 12.3 Å². The minimum Gasteiger partial charge on any atom is -0.359 e. The van der Waals surface area contributed by atoms with Gasteiger partial charge in [0.15, 0.2) is 11.4 Å². The monoisotopic (exact) mass is 276 g/mol. The zero-order chi connectivity index (χ0) is 13.4. The Morgan fingerprint density at radius 2 is 2.21 bits per heavy atom. The van der Waals surface area contributed by atoms with Gasteiger partial charge in [-0.05, 0) is 25.5 Å². The zero-order valence-corrected chi connectivity index (χ0v) is 11.5. The van der Waals surface area contributed by atoms with Crippen LogP contribution in [0, 0.1) is 13.8 Å². The third-order valence-corrected chi connectivity index (χ3v) is 3.26. The standard InChI is InChI=1S/C13H13ClN4O/c1-8-3-4-15-13-12(8)16-11(6-14)18(13)7-10-5-9(2)17-19-10/h3-5H,6-7H2,1-2H3. The first-order valence-electron chi connectivity index (χ1n) is 5.98. The SMILES string of the molecule is Cc1cc(Cn2c(CCl)nc3c(C)ccnc32)on1. The van der Waals surface area contributed by atoms with E-state index in [1.54, 1.807) is 6.20 Å². The molecule has 0 spiro atoms. The van der Waals surface area contributed by atoms with Gasteiger partial charge in [-0.25, -0.2) is 9.97 Å². The van der Waals surface area contributed by atoms with E-state index < -0.39 is 0 Å². The van der Waals surface area contributed by atoms with Gasteiger partial charge in [0.25, 0.3) is 0 Å². The molecule has 3 aromatic heterocycles. The molecule has 0 radical (unpaired) electrons. The zero-order valence-electron chi connectivity index (χ0n) is 10.7. The van der Waals surface area contributed by atoms with Gasteiger partial charge < -0.3 is 9.09 Å². The van der Waals surface area contributed by atoms with Crippen molar-refractivity contribution in [3.63, 3.8) is 0 Å². The normalized spacial score (nSPS) is 11.3. The molecule has 0 saturated carbocycles. The molecule has 0 N–H and O–H groups in total. The second kappa shape index (κ2) is 4.66. The third kappa shape index (κ3) is 2.10. The van der Waals surface area contributed by atoms with Crippen molar-refractivity contribution in [2.45, 2.75) is 26.3 Å². The Morgan fingerprint density at radius 1 is 1.37 bits per heavy atom. The Labute approximate surface area is 115 Å². The molecular formula is C13H13ClN4O. The van der Waals surface area contributed by atoms with E-state index in [1.165, 1.54) is 0 Å². The van der Waals surface area contributed by atoms with Crippen molar-refractivity contribution < 1.29 is 4.52 Å². The van der Waals surface area contributed by atoms with Crippen LogP contribution in [0.5, 0.6) is 0 Å². The van der Waals surface area contributed by atoms with E-state index in [0.29, 0.717) is 12.4 Å². The van der Waals surface area contributed by atoms with E-state index >= 15 is 0 Å². The largest absolute Gasteiger partial charge is 0.359 e. The van der Waals surface area contributed by atoms with Crippen molar-refractivity contribution in [1.82, 2.24) is 19.7 Å². The molecule has 3 rings (SSSR count). The molecule has 0 saturated heterocycles. The number of rotatable bonds is 3. The molecule has 0 fully saturated rings. The van der Waals surface area contributed by atoms with Crippen LogP contribution < -0.4 is 0 Å². The minimum absolute atomic E-state index is 0.336. The summed E-state index contributed by atoms with van der Waals surface area (Å²) in [6.45, 7) is 4.44. The summed E-state index contributed by atoms with van der Waals surface area (Å²) in [7, 11) is 0. The molecule has 0 atom stereocenters. The molecule has 0 bridgehead atoms. The highest BCUT2D eigenvalue weighted by Gasteiger charge is 2.14. The number of hydrogen-bond donors (Lipinski definition) is 0. The van der Waals surface area contributed by atoms with Crippen LogP contribution in [-0.4, -0.2) is 19.7 Å². The maximum Gasteiger partial charge on any atom is 0.160 e. The van der Waals surface area contributed by atoms with E-state index in [2.05, 4.69) is 15.1 Å². The van der Waals surface area contributed by atoms with E-state index in [0.717, 1.165) is 34.0 Å². The number of hydrogen-bond acceptors (Lipinski definition) is 4. The fraction of sp³-hybridized carbons (Fsp3) is 0.308. The van der Waals surface area contributed by atoms with Gasteiger partial charge >= 0.3 is 0 Å². The first kappa shape index (κ1) is 12.2. The molecule has 0 aliphatic rings. The lowest BCUT2D eigenvalue weighted by Gasteiger charge is -2.03. The van der Waals surface area contributed by atoms with Gasteiger partial charge in [0.05, 0.1) is 18.1 Å². The van der Waals surface area contributed by atoms with Crippen LogP contribution in [0.3, 0.4) is 0 Å². The molecule has 0 aliphatic heterocycles. The summed E-state index contributed by atoms with van der Waals surface area (Å²) >= 11 is 5.97. The summed E-state index contributed by atoms with van der Waals surface area (Å²) in [6, 6.07) is 3.84. The van der Waals surface area contributed by atoms with Crippen molar-refractivity contribution in [3.8, 4) is 0 Å². The molecule has 6 heteroatoms. The number of halogens is 1. The molecule has 0 unspecified atom stereocenters. The highest BCUT2D eigenvalue weighted by Crippen LogP contribution is 2.20. The first-order valence-corrected chi connectivity index (χ1v) is 6.51. The number of aromatic nitrogens is 4. The highest BCUT2D eigenvalue weighted by atomic mass is 35.5. The number of imidazole rings is 1. The molecule has 3 aromatic rings. The molecular weight excluding hydrogens is 264 g/mol. The molecule has 5 nitrogen and oxygen atoms in total. The molecule has 3 heterocycles. The lowest BCUT2D eigenvalue weighted by atomic mass is 10.3. The predicted octanol–water partition coefficient (Wildman–Crippen LogP) is 2.82. The van der Waals surface area contributed by atoms with E-state index in [4.69, 9.17) is 16.1 Å². The van der Waals surface area contributed by atoms with Gasteiger partial charge in [-0.2, -0.15) is 0 Å². The average molecular weight is 277 g/mol. The Bertz CT molecular complexity index is 731. The second-order valence-corrected chi connectivity index (χ2v) is 4.75. The topological polar surface area (TPSA) is 56.7 Å². The quantitative estimate of drug-likeness (QED) is 0.690. The summed E-state index contributed by atoms with van der Waals surface area (Å²) in [5.74, 6) is 1.89. The van der Waals surface area contributed by atoms with Gasteiger partial charge in [-0.15, -0.1) is 11.6 Å². The summed E-state index contributed by atoms with van der Waals surface area (Å²) < 4.78 is 7.21. The lowest BCUT2D eigenvalue weighted by Crippen LogP contribution is -2.04. The van der Waals surface area contributed by atoms with Crippen LogP contribution in [0.2, 0.25) is 0 Å². The molecule has 98 valence electrons. The van der Waals surface area contributed by atoms with Crippen LogP contribution >= 0.6 is 11.6 Å². The molecule has 0 aromatic carbocycles. The molecule has 0 amide bonds. The van der Waals surface area contributed by atoms with E-state index in [9.17, 15) is 0 Å². The van der Waals surface area contributed by atoms with Crippen LogP contribution in [0.4, 0.5) is 0 Å². The average Bonchev–Trinajstić information content (AvgIpc) is 2.96. The van der Waals surface area contributed by atoms with Crippen molar-refractivity contribution in [2.24, 2.45) is 0 Å². The van der Waals surface area contributed by atoms with E-state index in [1.807, 2.05) is 30.5 Å². The maximum absolute atomic E-state index is 5.97. The fourth-order valence-electron chi connectivity index (χ4n) is 2.10. The predicted molar refractivity (Wildman–Crippen MR) is 72.2 cm³/mol. The Hall–Kier alpha value is -1.88. The summed E-state index contributed by atoms with van der Waals surface area (Å²) in [5, 5.41) is 3.89. The Balaban J connectivity index is 2.13. The molecule has 0 aliphatic carbocycles. The summed E-state index contributed by atoms with van der Waals surface area (Å²) in [5.41, 5.74) is 3.65. The number of alkyl halides is 1. The van der Waals surface area contributed by atoms with Crippen LogP contribution in [-0.2, 0) is 12.4 Å². The first-order chi connectivity index (χ1) is 9.19.